The molecule has 6 nitrogen and oxygen atoms in total. The van der Waals surface area contributed by atoms with Crippen LogP contribution >= 0.6 is 0 Å². The Kier molecular flexibility index (Phi) is 4.44. The molecule has 1 fully saturated rings. The Balaban J connectivity index is 1.65. The first-order chi connectivity index (χ1) is 10.9. The Hall–Kier alpha value is -1.44. The minimum atomic E-state index is -3.08. The standard InChI is InChI=1S/C16H24N4O2S/c1-12-11-20(23(3,21)22)9-8-13(12)17-10-16-18-14-6-4-5-7-15(14)19(16)2/h4-7,12-13,17H,8-11H2,1-3H3/t12-,13+/m0/s1. The molecule has 126 valence electrons. The summed E-state index contributed by atoms with van der Waals surface area (Å²) in [4.78, 5) is 4.67. The number of aryl methyl sites for hydroxylation is 1. The van der Waals surface area contributed by atoms with Gasteiger partial charge in [-0.1, -0.05) is 19.1 Å². The molecule has 3 rings (SSSR count). The van der Waals surface area contributed by atoms with Crippen molar-refractivity contribution >= 4 is 21.1 Å². The van der Waals surface area contributed by atoms with Crippen LogP contribution in [0, 0.1) is 5.92 Å². The molecule has 1 aromatic carbocycles. The Labute approximate surface area is 137 Å². The summed E-state index contributed by atoms with van der Waals surface area (Å²) in [5, 5.41) is 3.56. The summed E-state index contributed by atoms with van der Waals surface area (Å²) in [5.74, 6) is 1.29. The second-order valence-corrected chi connectivity index (χ2v) is 8.43. The highest BCUT2D eigenvalue weighted by Crippen LogP contribution is 2.20. The summed E-state index contributed by atoms with van der Waals surface area (Å²) in [6.45, 7) is 3.96. The van der Waals surface area contributed by atoms with Crippen molar-refractivity contribution < 1.29 is 8.42 Å². The molecule has 1 aliphatic rings. The Morgan fingerprint density at radius 3 is 2.74 bits per heavy atom. The lowest BCUT2D eigenvalue weighted by molar-refractivity contribution is 0.219. The normalized spacial score (nSPS) is 23.4. The average molecular weight is 336 g/mol. The summed E-state index contributed by atoms with van der Waals surface area (Å²) in [6.07, 6.45) is 2.12. The first-order valence-electron chi connectivity index (χ1n) is 7.95. The van der Waals surface area contributed by atoms with E-state index in [9.17, 15) is 8.42 Å². The Morgan fingerprint density at radius 1 is 1.35 bits per heavy atom. The maximum absolute atomic E-state index is 11.7. The number of para-hydroxylation sites is 2. The number of hydrogen-bond acceptors (Lipinski definition) is 4. The minimum Gasteiger partial charge on any atom is -0.330 e. The van der Waals surface area contributed by atoms with Crippen LogP contribution in [-0.2, 0) is 23.6 Å². The number of benzene rings is 1. The van der Waals surface area contributed by atoms with Crippen LogP contribution in [0.15, 0.2) is 24.3 Å². The van der Waals surface area contributed by atoms with Gasteiger partial charge in [-0.25, -0.2) is 17.7 Å². The van der Waals surface area contributed by atoms with E-state index in [-0.39, 0.29) is 5.92 Å². The lowest BCUT2D eigenvalue weighted by atomic mass is 9.95. The number of rotatable bonds is 4. The molecule has 0 radical (unpaired) electrons. The highest BCUT2D eigenvalue weighted by atomic mass is 32.2. The quantitative estimate of drug-likeness (QED) is 0.915. The van der Waals surface area contributed by atoms with Gasteiger partial charge in [0.1, 0.15) is 5.82 Å². The monoisotopic (exact) mass is 336 g/mol. The molecular formula is C16H24N4O2S. The third kappa shape index (κ3) is 3.41. The van der Waals surface area contributed by atoms with Crippen LogP contribution in [-0.4, -0.2) is 47.7 Å². The number of nitrogens with one attached hydrogen (secondary N) is 1. The molecule has 7 heteroatoms. The van der Waals surface area contributed by atoms with Crippen LogP contribution < -0.4 is 5.32 Å². The predicted molar refractivity (Wildman–Crippen MR) is 91.5 cm³/mol. The number of piperidine rings is 1. The maximum Gasteiger partial charge on any atom is 0.211 e. The van der Waals surface area contributed by atoms with E-state index in [0.29, 0.717) is 25.7 Å². The van der Waals surface area contributed by atoms with Crippen molar-refractivity contribution in [2.45, 2.75) is 25.9 Å². The van der Waals surface area contributed by atoms with Crippen LogP contribution in [0.25, 0.3) is 11.0 Å². The fraction of sp³-hybridized carbons (Fsp3) is 0.562. The van der Waals surface area contributed by atoms with Gasteiger partial charge in [-0.3, -0.25) is 0 Å². The molecule has 23 heavy (non-hydrogen) atoms. The van der Waals surface area contributed by atoms with Crippen molar-refractivity contribution in [2.75, 3.05) is 19.3 Å². The van der Waals surface area contributed by atoms with E-state index in [1.165, 1.54) is 6.26 Å². The second kappa shape index (κ2) is 6.22. The fourth-order valence-corrected chi connectivity index (χ4v) is 4.23. The molecule has 0 amide bonds. The van der Waals surface area contributed by atoms with Gasteiger partial charge in [0.05, 0.1) is 23.8 Å². The fourth-order valence-electron chi connectivity index (χ4n) is 3.29. The molecule has 0 saturated carbocycles. The average Bonchev–Trinajstić information content (AvgIpc) is 2.82. The van der Waals surface area contributed by atoms with Gasteiger partial charge in [0, 0.05) is 26.2 Å². The van der Waals surface area contributed by atoms with E-state index < -0.39 is 10.0 Å². The molecule has 0 aliphatic carbocycles. The van der Waals surface area contributed by atoms with Crippen molar-refractivity contribution in [3.05, 3.63) is 30.1 Å². The van der Waals surface area contributed by atoms with E-state index in [1.54, 1.807) is 4.31 Å². The third-order valence-electron chi connectivity index (χ3n) is 4.74. The second-order valence-electron chi connectivity index (χ2n) is 6.45. The highest BCUT2D eigenvalue weighted by Gasteiger charge is 2.30. The molecule has 0 unspecified atom stereocenters. The molecule has 2 heterocycles. The molecule has 0 bridgehead atoms. The smallest absolute Gasteiger partial charge is 0.211 e. The van der Waals surface area contributed by atoms with Gasteiger partial charge in [-0.2, -0.15) is 0 Å². The van der Waals surface area contributed by atoms with Gasteiger partial charge < -0.3 is 9.88 Å². The molecule has 1 N–H and O–H groups in total. The molecule has 0 spiro atoms. The van der Waals surface area contributed by atoms with Crippen LogP contribution in [0.1, 0.15) is 19.2 Å². The van der Waals surface area contributed by atoms with Crippen LogP contribution in [0.5, 0.6) is 0 Å². The minimum absolute atomic E-state index is 0.285. The number of aromatic nitrogens is 2. The van der Waals surface area contributed by atoms with Crippen LogP contribution in [0.3, 0.4) is 0 Å². The first kappa shape index (κ1) is 16.4. The van der Waals surface area contributed by atoms with Crippen molar-refractivity contribution in [1.29, 1.82) is 0 Å². The molecule has 1 aromatic heterocycles. The van der Waals surface area contributed by atoms with Crippen LogP contribution in [0.4, 0.5) is 0 Å². The third-order valence-corrected chi connectivity index (χ3v) is 6.01. The lowest BCUT2D eigenvalue weighted by Gasteiger charge is -2.36. The topological polar surface area (TPSA) is 67.2 Å². The van der Waals surface area contributed by atoms with Gasteiger partial charge >= 0.3 is 0 Å². The molecule has 1 saturated heterocycles. The molecule has 2 aromatic rings. The van der Waals surface area contributed by atoms with E-state index in [1.807, 2.05) is 25.2 Å². The zero-order valence-corrected chi connectivity index (χ0v) is 14.7. The molecule has 2 atom stereocenters. The van der Waals surface area contributed by atoms with Crippen molar-refractivity contribution in [1.82, 2.24) is 19.2 Å². The van der Waals surface area contributed by atoms with Crippen molar-refractivity contribution in [2.24, 2.45) is 13.0 Å². The largest absolute Gasteiger partial charge is 0.330 e. The number of sulfonamides is 1. The van der Waals surface area contributed by atoms with E-state index >= 15 is 0 Å². The highest BCUT2D eigenvalue weighted by molar-refractivity contribution is 7.88. The van der Waals surface area contributed by atoms with E-state index in [2.05, 4.69) is 27.9 Å². The summed E-state index contributed by atoms with van der Waals surface area (Å²) in [7, 11) is -1.05. The number of imidazole rings is 1. The van der Waals surface area contributed by atoms with Gasteiger partial charge in [-0.15, -0.1) is 0 Å². The van der Waals surface area contributed by atoms with Gasteiger partial charge in [0.15, 0.2) is 0 Å². The molecule has 1 aliphatic heterocycles. The van der Waals surface area contributed by atoms with Gasteiger partial charge in [0.2, 0.25) is 10.0 Å². The number of hydrogen-bond donors (Lipinski definition) is 1. The number of nitrogens with zero attached hydrogens (tertiary/aromatic N) is 3. The van der Waals surface area contributed by atoms with E-state index in [0.717, 1.165) is 23.3 Å². The summed E-state index contributed by atoms with van der Waals surface area (Å²) in [6, 6.07) is 8.41. The Morgan fingerprint density at radius 2 is 2.09 bits per heavy atom. The van der Waals surface area contributed by atoms with Gasteiger partial charge in [-0.05, 0) is 24.5 Å². The van der Waals surface area contributed by atoms with Gasteiger partial charge in [0.25, 0.3) is 0 Å². The maximum atomic E-state index is 11.7. The SMILES string of the molecule is C[C@H]1CN(S(C)(=O)=O)CC[C@H]1NCc1nc2ccccc2n1C. The summed E-state index contributed by atoms with van der Waals surface area (Å²) < 4.78 is 27.0. The van der Waals surface area contributed by atoms with Crippen LogP contribution in [0.2, 0.25) is 0 Å². The lowest BCUT2D eigenvalue weighted by Crippen LogP contribution is -2.49. The molecular weight excluding hydrogens is 312 g/mol. The summed E-state index contributed by atoms with van der Waals surface area (Å²) in [5.41, 5.74) is 2.14. The first-order valence-corrected chi connectivity index (χ1v) is 9.80. The number of fused-ring (bicyclic) bond motifs is 1. The van der Waals surface area contributed by atoms with E-state index in [4.69, 9.17) is 0 Å². The van der Waals surface area contributed by atoms with Crippen molar-refractivity contribution in [3.8, 4) is 0 Å². The Bertz CT molecular complexity index is 800. The zero-order valence-electron chi connectivity index (χ0n) is 13.9. The van der Waals surface area contributed by atoms with Crippen molar-refractivity contribution in [3.63, 3.8) is 0 Å². The summed E-state index contributed by atoms with van der Waals surface area (Å²) >= 11 is 0. The predicted octanol–water partition coefficient (Wildman–Crippen LogP) is 1.33. The zero-order chi connectivity index (χ0) is 16.6.